The third-order valence-corrected chi connectivity index (χ3v) is 3.31. The number of nitrogens with zero attached hydrogens (tertiary/aromatic N) is 1. The van der Waals surface area contributed by atoms with Crippen molar-refractivity contribution in [3.63, 3.8) is 0 Å². The molecule has 0 bridgehead atoms. The van der Waals surface area contributed by atoms with Gasteiger partial charge in [-0.2, -0.15) is 0 Å². The van der Waals surface area contributed by atoms with Crippen molar-refractivity contribution < 1.29 is 9.21 Å². The first-order valence-corrected chi connectivity index (χ1v) is 6.15. The maximum atomic E-state index is 12.0. The molecule has 1 atom stereocenters. The van der Waals surface area contributed by atoms with Gasteiger partial charge in [-0.05, 0) is 43.6 Å². The first-order chi connectivity index (χ1) is 8.83. The molecule has 1 aliphatic rings. The van der Waals surface area contributed by atoms with Crippen molar-refractivity contribution in [2.75, 3.05) is 19.6 Å². The summed E-state index contributed by atoms with van der Waals surface area (Å²) >= 11 is 0. The minimum Gasteiger partial charge on any atom is -0.443 e. The molecule has 2 aromatic rings. The number of amides is 1. The van der Waals surface area contributed by atoms with Crippen LogP contribution in [0.15, 0.2) is 29.0 Å². The molecule has 1 aromatic heterocycles. The van der Waals surface area contributed by atoms with Crippen molar-refractivity contribution in [2.45, 2.75) is 6.42 Å². The zero-order chi connectivity index (χ0) is 12.4. The summed E-state index contributed by atoms with van der Waals surface area (Å²) in [4.78, 5) is 16.0. The number of fused-ring (bicyclic) bond motifs is 1. The van der Waals surface area contributed by atoms with Gasteiger partial charge in [-0.1, -0.05) is 0 Å². The lowest BCUT2D eigenvalue weighted by Gasteiger charge is -2.09. The van der Waals surface area contributed by atoms with E-state index in [1.165, 1.54) is 6.39 Å². The lowest BCUT2D eigenvalue weighted by Crippen LogP contribution is -2.30. The number of aromatic nitrogens is 1. The summed E-state index contributed by atoms with van der Waals surface area (Å²) in [5.41, 5.74) is 2.03. The van der Waals surface area contributed by atoms with Crippen LogP contribution in [0, 0.1) is 5.92 Å². The van der Waals surface area contributed by atoms with Crippen molar-refractivity contribution in [3.05, 3.63) is 30.2 Å². The minimum atomic E-state index is -0.0554. The Morgan fingerprint density at radius 1 is 1.56 bits per heavy atom. The Morgan fingerprint density at radius 3 is 3.33 bits per heavy atom. The number of carbonyl (C=O) groups is 1. The molecular formula is C13H15N3O2. The summed E-state index contributed by atoms with van der Waals surface area (Å²) in [6.45, 7) is 2.76. The first-order valence-electron chi connectivity index (χ1n) is 6.15. The predicted octanol–water partition coefficient (Wildman–Crippen LogP) is 1.17. The molecule has 0 radical (unpaired) electrons. The van der Waals surface area contributed by atoms with Gasteiger partial charge in [-0.15, -0.1) is 0 Å². The van der Waals surface area contributed by atoms with Crippen LogP contribution >= 0.6 is 0 Å². The normalized spacial score (nSPS) is 19.2. The smallest absolute Gasteiger partial charge is 0.251 e. The number of nitrogens with one attached hydrogen (secondary N) is 2. The minimum absolute atomic E-state index is 0.0554. The lowest BCUT2D eigenvalue weighted by molar-refractivity contribution is 0.0948. The second kappa shape index (κ2) is 4.78. The highest BCUT2D eigenvalue weighted by atomic mass is 16.3. The Morgan fingerprint density at radius 2 is 2.50 bits per heavy atom. The fourth-order valence-corrected chi connectivity index (χ4v) is 2.22. The summed E-state index contributed by atoms with van der Waals surface area (Å²) in [5.74, 6) is 0.489. The van der Waals surface area contributed by atoms with Crippen molar-refractivity contribution in [2.24, 2.45) is 5.92 Å². The standard InChI is InChI=1S/C13H15N3O2/c17-13(15-7-9-3-4-14-6-9)10-1-2-11-12(5-10)18-8-16-11/h1-2,5,8-9,14H,3-4,6-7H2,(H,15,17). The largest absolute Gasteiger partial charge is 0.443 e. The van der Waals surface area contributed by atoms with Gasteiger partial charge < -0.3 is 15.1 Å². The van der Waals surface area contributed by atoms with Gasteiger partial charge in [-0.25, -0.2) is 4.98 Å². The van der Waals surface area contributed by atoms with E-state index in [0.717, 1.165) is 31.6 Å². The van der Waals surface area contributed by atoms with Crippen LogP contribution in [0.2, 0.25) is 0 Å². The molecule has 3 rings (SSSR count). The summed E-state index contributed by atoms with van der Waals surface area (Å²) in [6.07, 6.45) is 2.51. The SMILES string of the molecule is O=C(NCC1CCNC1)c1ccc2ncoc2c1. The molecular weight excluding hydrogens is 230 g/mol. The Bertz CT molecular complexity index is 558. The highest BCUT2D eigenvalue weighted by Gasteiger charge is 2.16. The van der Waals surface area contributed by atoms with Crippen molar-refractivity contribution >= 4 is 17.0 Å². The van der Waals surface area contributed by atoms with Crippen LogP contribution in [0.1, 0.15) is 16.8 Å². The molecule has 18 heavy (non-hydrogen) atoms. The second-order valence-electron chi connectivity index (χ2n) is 4.60. The van der Waals surface area contributed by atoms with Crippen LogP contribution in [0.4, 0.5) is 0 Å². The molecule has 94 valence electrons. The van der Waals surface area contributed by atoms with E-state index in [1.54, 1.807) is 18.2 Å². The molecule has 5 nitrogen and oxygen atoms in total. The van der Waals surface area contributed by atoms with Gasteiger partial charge in [0.1, 0.15) is 5.52 Å². The molecule has 1 unspecified atom stereocenters. The number of oxazole rings is 1. The molecule has 1 amide bonds. The van der Waals surface area contributed by atoms with Crippen LogP contribution in [0.25, 0.3) is 11.1 Å². The van der Waals surface area contributed by atoms with E-state index in [2.05, 4.69) is 15.6 Å². The van der Waals surface area contributed by atoms with Gasteiger partial charge in [0.2, 0.25) is 0 Å². The zero-order valence-corrected chi connectivity index (χ0v) is 9.98. The third kappa shape index (κ3) is 2.22. The maximum absolute atomic E-state index is 12.0. The van der Waals surface area contributed by atoms with Crippen molar-refractivity contribution in [1.82, 2.24) is 15.6 Å². The average Bonchev–Trinajstić information content (AvgIpc) is 3.05. The van der Waals surface area contributed by atoms with E-state index in [1.807, 2.05) is 0 Å². The Kier molecular flexibility index (Phi) is 2.98. The summed E-state index contributed by atoms with van der Waals surface area (Å²) in [6, 6.07) is 5.29. The molecule has 2 heterocycles. The Balaban J connectivity index is 1.67. The van der Waals surface area contributed by atoms with E-state index in [9.17, 15) is 4.79 Å². The van der Waals surface area contributed by atoms with Crippen molar-refractivity contribution in [1.29, 1.82) is 0 Å². The van der Waals surface area contributed by atoms with Crippen LogP contribution in [0.5, 0.6) is 0 Å². The van der Waals surface area contributed by atoms with Crippen LogP contribution in [0.3, 0.4) is 0 Å². The molecule has 1 aromatic carbocycles. The Labute approximate surface area is 105 Å². The van der Waals surface area contributed by atoms with E-state index >= 15 is 0 Å². The summed E-state index contributed by atoms with van der Waals surface area (Å²) in [7, 11) is 0. The van der Waals surface area contributed by atoms with E-state index in [0.29, 0.717) is 17.1 Å². The third-order valence-electron chi connectivity index (χ3n) is 3.31. The number of benzene rings is 1. The summed E-state index contributed by atoms with van der Waals surface area (Å²) in [5, 5.41) is 6.24. The summed E-state index contributed by atoms with van der Waals surface area (Å²) < 4.78 is 5.19. The number of rotatable bonds is 3. The van der Waals surface area contributed by atoms with E-state index in [4.69, 9.17) is 4.42 Å². The Hall–Kier alpha value is -1.88. The molecule has 2 N–H and O–H groups in total. The van der Waals surface area contributed by atoms with E-state index in [-0.39, 0.29) is 5.91 Å². The van der Waals surface area contributed by atoms with Crippen LogP contribution in [-0.2, 0) is 0 Å². The van der Waals surface area contributed by atoms with Crippen molar-refractivity contribution in [3.8, 4) is 0 Å². The van der Waals surface area contributed by atoms with Crippen LogP contribution < -0.4 is 10.6 Å². The second-order valence-corrected chi connectivity index (χ2v) is 4.60. The molecule has 0 spiro atoms. The van der Waals surface area contributed by atoms with Gasteiger partial charge in [0, 0.05) is 12.1 Å². The fourth-order valence-electron chi connectivity index (χ4n) is 2.22. The van der Waals surface area contributed by atoms with Gasteiger partial charge in [0.25, 0.3) is 5.91 Å². The fraction of sp³-hybridized carbons (Fsp3) is 0.385. The van der Waals surface area contributed by atoms with Crippen LogP contribution in [-0.4, -0.2) is 30.5 Å². The average molecular weight is 245 g/mol. The maximum Gasteiger partial charge on any atom is 0.251 e. The molecule has 0 saturated carbocycles. The number of hydrogen-bond donors (Lipinski definition) is 2. The zero-order valence-electron chi connectivity index (χ0n) is 9.98. The molecule has 1 aliphatic heterocycles. The highest BCUT2D eigenvalue weighted by Crippen LogP contribution is 2.14. The monoisotopic (exact) mass is 245 g/mol. The predicted molar refractivity (Wildman–Crippen MR) is 67.3 cm³/mol. The van der Waals surface area contributed by atoms with Gasteiger partial charge in [0.15, 0.2) is 12.0 Å². The van der Waals surface area contributed by atoms with Gasteiger partial charge in [0.05, 0.1) is 0 Å². The topological polar surface area (TPSA) is 67.2 Å². The lowest BCUT2D eigenvalue weighted by atomic mass is 10.1. The molecule has 1 fully saturated rings. The molecule has 1 saturated heterocycles. The van der Waals surface area contributed by atoms with E-state index < -0.39 is 0 Å². The first kappa shape index (κ1) is 11.2. The van der Waals surface area contributed by atoms with Gasteiger partial charge >= 0.3 is 0 Å². The molecule has 5 heteroatoms. The highest BCUT2D eigenvalue weighted by molar-refractivity contribution is 5.96. The number of carbonyl (C=O) groups excluding carboxylic acids is 1. The quantitative estimate of drug-likeness (QED) is 0.851. The molecule has 0 aliphatic carbocycles. The van der Waals surface area contributed by atoms with Gasteiger partial charge in [-0.3, -0.25) is 4.79 Å². The number of hydrogen-bond acceptors (Lipinski definition) is 4.